The number of hydrogen-bond donors (Lipinski definition) is 1. The summed E-state index contributed by atoms with van der Waals surface area (Å²) >= 11 is 7.55. The van der Waals surface area contributed by atoms with Crippen LogP contribution < -0.4 is 10.2 Å². The lowest BCUT2D eigenvalue weighted by molar-refractivity contribution is 0.290. The Hall–Kier alpha value is -3.22. The van der Waals surface area contributed by atoms with Gasteiger partial charge in [0.05, 0.1) is 11.9 Å². The van der Waals surface area contributed by atoms with Gasteiger partial charge >= 0.3 is 0 Å². The van der Waals surface area contributed by atoms with Gasteiger partial charge in [0.2, 0.25) is 5.13 Å². The maximum absolute atomic E-state index is 14.3. The molecule has 1 heterocycles. The molecule has 0 atom stereocenters. The van der Waals surface area contributed by atoms with E-state index in [0.29, 0.717) is 15.7 Å². The Morgan fingerprint density at radius 3 is 2.67 bits per heavy atom. The van der Waals surface area contributed by atoms with Gasteiger partial charge in [0.1, 0.15) is 6.61 Å². The van der Waals surface area contributed by atoms with Crippen molar-refractivity contribution in [2.45, 2.75) is 6.61 Å². The zero-order chi connectivity index (χ0) is 20.8. The zero-order valence-corrected chi connectivity index (χ0v) is 17.3. The Morgan fingerprint density at radius 1 is 1.07 bits per heavy atom. The highest BCUT2D eigenvalue weighted by molar-refractivity contribution is 7.14. The first-order valence-corrected chi connectivity index (χ1v) is 10.4. The number of hydrogen-bond acceptors (Lipinski definition) is 5. The third-order valence-electron chi connectivity index (χ3n) is 4.24. The molecule has 0 radical (unpaired) electrons. The maximum atomic E-state index is 14.3. The van der Waals surface area contributed by atoms with Gasteiger partial charge < -0.3 is 4.74 Å². The standard InChI is InChI=1S/C23H17ClFN3OS/c24-19-9-5-4-8-18(19)14-29-22-11-10-16(12-20(22)25)13-26-28-23-27-21(15-30-23)17-6-2-1-3-7-17/h1-13,15H,14H2,(H,27,28). The fourth-order valence-electron chi connectivity index (χ4n) is 2.71. The fourth-order valence-corrected chi connectivity index (χ4v) is 3.57. The predicted octanol–water partition coefficient (Wildman–Crippen LogP) is 6.63. The lowest BCUT2D eigenvalue weighted by Crippen LogP contribution is -1.99. The molecule has 3 aromatic carbocycles. The van der Waals surface area contributed by atoms with Crippen LogP contribution in [0.4, 0.5) is 9.52 Å². The number of hydrazone groups is 1. The zero-order valence-electron chi connectivity index (χ0n) is 15.8. The first kappa shape index (κ1) is 20.1. The minimum absolute atomic E-state index is 0.160. The van der Waals surface area contributed by atoms with Crippen LogP contribution in [-0.4, -0.2) is 11.2 Å². The summed E-state index contributed by atoms with van der Waals surface area (Å²) in [6, 6.07) is 21.9. The number of rotatable bonds is 7. The second-order valence-corrected chi connectivity index (χ2v) is 7.61. The summed E-state index contributed by atoms with van der Waals surface area (Å²) in [5.41, 5.74) is 6.20. The van der Waals surface area contributed by atoms with Gasteiger partial charge in [-0.15, -0.1) is 11.3 Å². The highest BCUT2D eigenvalue weighted by Crippen LogP contribution is 2.25. The second-order valence-electron chi connectivity index (χ2n) is 6.34. The topological polar surface area (TPSA) is 46.5 Å². The van der Waals surface area contributed by atoms with Crippen LogP contribution in [0, 0.1) is 5.82 Å². The molecular weight excluding hydrogens is 421 g/mol. The van der Waals surface area contributed by atoms with Crippen molar-refractivity contribution in [2.24, 2.45) is 5.10 Å². The molecule has 1 N–H and O–H groups in total. The molecule has 0 aliphatic heterocycles. The second kappa shape index (κ2) is 9.52. The van der Waals surface area contributed by atoms with Crippen LogP contribution in [-0.2, 0) is 6.61 Å². The molecule has 30 heavy (non-hydrogen) atoms. The average molecular weight is 438 g/mol. The summed E-state index contributed by atoms with van der Waals surface area (Å²) in [4.78, 5) is 4.49. The van der Waals surface area contributed by atoms with Crippen LogP contribution in [0.5, 0.6) is 5.75 Å². The normalized spacial score (nSPS) is 11.0. The molecule has 0 amide bonds. The Kier molecular flexibility index (Phi) is 6.37. The van der Waals surface area contributed by atoms with E-state index in [4.69, 9.17) is 16.3 Å². The lowest BCUT2D eigenvalue weighted by atomic mass is 10.2. The van der Waals surface area contributed by atoms with Crippen molar-refractivity contribution in [3.8, 4) is 17.0 Å². The molecule has 0 unspecified atom stereocenters. The summed E-state index contributed by atoms with van der Waals surface area (Å²) in [6.45, 7) is 0.194. The van der Waals surface area contributed by atoms with E-state index >= 15 is 0 Å². The van der Waals surface area contributed by atoms with E-state index in [1.807, 2.05) is 53.9 Å². The lowest BCUT2D eigenvalue weighted by Gasteiger charge is -2.09. The van der Waals surface area contributed by atoms with Gasteiger partial charge in [0.15, 0.2) is 11.6 Å². The fraction of sp³-hybridized carbons (Fsp3) is 0.0435. The van der Waals surface area contributed by atoms with Crippen molar-refractivity contribution in [1.29, 1.82) is 0 Å². The third kappa shape index (κ3) is 5.03. The number of thiazole rings is 1. The maximum Gasteiger partial charge on any atom is 0.203 e. The van der Waals surface area contributed by atoms with Crippen molar-refractivity contribution in [3.63, 3.8) is 0 Å². The first-order chi connectivity index (χ1) is 14.7. The average Bonchev–Trinajstić information content (AvgIpc) is 3.24. The molecule has 4 aromatic rings. The molecule has 4 rings (SSSR count). The van der Waals surface area contributed by atoms with Gasteiger partial charge in [-0.3, -0.25) is 5.43 Å². The minimum Gasteiger partial charge on any atom is -0.486 e. The van der Waals surface area contributed by atoms with Crippen LogP contribution in [0.25, 0.3) is 11.3 Å². The number of nitrogens with zero attached hydrogens (tertiary/aromatic N) is 2. The molecule has 4 nitrogen and oxygen atoms in total. The molecule has 0 saturated carbocycles. The van der Waals surface area contributed by atoms with Crippen LogP contribution in [0.1, 0.15) is 11.1 Å². The predicted molar refractivity (Wildman–Crippen MR) is 121 cm³/mol. The van der Waals surface area contributed by atoms with Crippen LogP contribution >= 0.6 is 22.9 Å². The molecule has 1 aromatic heterocycles. The van der Waals surface area contributed by atoms with E-state index < -0.39 is 5.82 Å². The Labute approximate surface area is 182 Å². The van der Waals surface area contributed by atoms with Crippen LogP contribution in [0.2, 0.25) is 5.02 Å². The van der Waals surface area contributed by atoms with Gasteiger partial charge in [0, 0.05) is 21.5 Å². The van der Waals surface area contributed by atoms with E-state index in [-0.39, 0.29) is 12.4 Å². The summed E-state index contributed by atoms with van der Waals surface area (Å²) in [7, 11) is 0. The molecular formula is C23H17ClFN3OS. The molecule has 150 valence electrons. The van der Waals surface area contributed by atoms with E-state index in [9.17, 15) is 4.39 Å². The summed E-state index contributed by atoms with van der Waals surface area (Å²) < 4.78 is 19.9. The quantitative estimate of drug-likeness (QED) is 0.261. The smallest absolute Gasteiger partial charge is 0.203 e. The van der Waals surface area contributed by atoms with Gasteiger partial charge in [-0.2, -0.15) is 5.10 Å². The van der Waals surface area contributed by atoms with E-state index in [2.05, 4.69) is 15.5 Å². The highest BCUT2D eigenvalue weighted by Gasteiger charge is 2.07. The summed E-state index contributed by atoms with van der Waals surface area (Å²) in [6.07, 6.45) is 1.53. The largest absolute Gasteiger partial charge is 0.486 e. The van der Waals surface area contributed by atoms with Crippen molar-refractivity contribution >= 4 is 34.3 Å². The van der Waals surface area contributed by atoms with Crippen molar-refractivity contribution in [3.05, 3.63) is 100 Å². The summed E-state index contributed by atoms with van der Waals surface area (Å²) in [5, 5.41) is 7.35. The van der Waals surface area contributed by atoms with Crippen molar-refractivity contribution in [1.82, 2.24) is 4.98 Å². The Balaban J connectivity index is 1.36. The Bertz CT molecular complexity index is 1160. The number of halogens is 2. The molecule has 7 heteroatoms. The van der Waals surface area contributed by atoms with Crippen LogP contribution in [0.3, 0.4) is 0 Å². The molecule has 0 bridgehead atoms. The highest BCUT2D eigenvalue weighted by atomic mass is 35.5. The summed E-state index contributed by atoms with van der Waals surface area (Å²) in [5.74, 6) is -0.306. The number of nitrogens with one attached hydrogen (secondary N) is 1. The van der Waals surface area contributed by atoms with Gasteiger partial charge in [-0.25, -0.2) is 9.37 Å². The Morgan fingerprint density at radius 2 is 1.87 bits per heavy atom. The number of ether oxygens (including phenoxy) is 1. The molecule has 0 fully saturated rings. The third-order valence-corrected chi connectivity index (χ3v) is 5.36. The minimum atomic E-state index is -0.466. The molecule has 0 aliphatic carbocycles. The SMILES string of the molecule is Fc1cc(C=NNc2nc(-c3ccccc3)cs2)ccc1OCc1ccccc1Cl. The van der Waals surface area contributed by atoms with Gasteiger partial charge in [-0.05, 0) is 29.8 Å². The van der Waals surface area contributed by atoms with E-state index in [1.165, 1.54) is 23.6 Å². The number of benzene rings is 3. The first-order valence-electron chi connectivity index (χ1n) is 9.15. The van der Waals surface area contributed by atoms with Crippen LogP contribution in [0.15, 0.2) is 83.3 Å². The molecule has 0 spiro atoms. The van der Waals surface area contributed by atoms with Crippen molar-refractivity contribution in [2.75, 3.05) is 5.43 Å². The molecule has 0 aliphatic rings. The van der Waals surface area contributed by atoms with E-state index in [0.717, 1.165) is 16.8 Å². The monoisotopic (exact) mass is 437 g/mol. The molecule has 0 saturated heterocycles. The number of anilines is 1. The van der Waals surface area contributed by atoms with Gasteiger partial charge in [0.25, 0.3) is 0 Å². The van der Waals surface area contributed by atoms with Gasteiger partial charge in [-0.1, -0.05) is 60.1 Å². The van der Waals surface area contributed by atoms with Crippen molar-refractivity contribution < 1.29 is 9.13 Å². The van der Waals surface area contributed by atoms with E-state index in [1.54, 1.807) is 18.2 Å². The number of aromatic nitrogens is 1.